The summed E-state index contributed by atoms with van der Waals surface area (Å²) in [6, 6.07) is 18.2. The van der Waals surface area contributed by atoms with E-state index in [4.69, 9.17) is 11.6 Å². The van der Waals surface area contributed by atoms with Gasteiger partial charge in [0, 0.05) is 22.8 Å². The summed E-state index contributed by atoms with van der Waals surface area (Å²) in [5, 5.41) is 8.57. The fourth-order valence-electron chi connectivity index (χ4n) is 2.56. The number of guanidine groups is 1. The molecule has 3 rings (SSSR count). The van der Waals surface area contributed by atoms with Crippen LogP contribution >= 0.6 is 11.6 Å². The van der Waals surface area contributed by atoms with Crippen molar-refractivity contribution in [1.82, 2.24) is 15.6 Å². The molecule has 0 amide bonds. The zero-order valence-corrected chi connectivity index (χ0v) is 14.4. The molecular formula is C19H21ClN4. The highest BCUT2D eigenvalue weighted by Crippen LogP contribution is 2.14. The van der Waals surface area contributed by atoms with Gasteiger partial charge in [-0.05, 0) is 42.1 Å². The van der Waals surface area contributed by atoms with Crippen molar-refractivity contribution in [3.05, 3.63) is 70.9 Å². The number of para-hydroxylation sites is 1. The maximum Gasteiger partial charge on any atom is 0.191 e. The van der Waals surface area contributed by atoms with Crippen molar-refractivity contribution in [3.8, 4) is 0 Å². The van der Waals surface area contributed by atoms with Crippen LogP contribution in [0.1, 0.15) is 18.2 Å². The summed E-state index contributed by atoms with van der Waals surface area (Å²) in [6.45, 7) is 4.15. The van der Waals surface area contributed by atoms with Crippen LogP contribution < -0.4 is 10.6 Å². The Morgan fingerprint density at radius 1 is 1.08 bits per heavy atom. The van der Waals surface area contributed by atoms with Gasteiger partial charge in [0.1, 0.15) is 0 Å². The lowest BCUT2D eigenvalue weighted by molar-refractivity contribution is 0.805. The molecule has 1 aromatic heterocycles. The summed E-state index contributed by atoms with van der Waals surface area (Å²) >= 11 is 6.02. The van der Waals surface area contributed by atoms with E-state index >= 15 is 0 Å². The summed E-state index contributed by atoms with van der Waals surface area (Å²) in [6.07, 6.45) is 0. The van der Waals surface area contributed by atoms with Gasteiger partial charge in [0.15, 0.2) is 5.96 Å². The SMILES string of the molecule is CCNC(=NCc1cccc(Cl)c1)NCc1cc2ccccc2[nH]1. The van der Waals surface area contributed by atoms with Crippen LogP contribution in [0.5, 0.6) is 0 Å². The van der Waals surface area contributed by atoms with Crippen LogP contribution in [0.15, 0.2) is 59.6 Å². The number of nitrogens with one attached hydrogen (secondary N) is 3. The van der Waals surface area contributed by atoms with E-state index in [0.29, 0.717) is 13.1 Å². The van der Waals surface area contributed by atoms with Crippen molar-refractivity contribution < 1.29 is 0 Å². The largest absolute Gasteiger partial charge is 0.357 e. The highest BCUT2D eigenvalue weighted by Gasteiger charge is 2.02. The Balaban J connectivity index is 1.65. The Hall–Kier alpha value is -2.46. The molecule has 0 atom stereocenters. The van der Waals surface area contributed by atoms with E-state index in [0.717, 1.165) is 34.3 Å². The number of halogens is 1. The molecule has 1 heterocycles. The van der Waals surface area contributed by atoms with E-state index < -0.39 is 0 Å². The smallest absolute Gasteiger partial charge is 0.191 e. The number of hydrogen-bond donors (Lipinski definition) is 3. The average Bonchev–Trinajstić information content (AvgIpc) is 3.00. The molecule has 0 fully saturated rings. The summed E-state index contributed by atoms with van der Waals surface area (Å²) in [5.41, 5.74) is 3.37. The van der Waals surface area contributed by atoms with E-state index in [1.165, 1.54) is 5.39 Å². The maximum atomic E-state index is 6.02. The first-order valence-corrected chi connectivity index (χ1v) is 8.45. The predicted molar refractivity (Wildman–Crippen MR) is 101 cm³/mol. The first kappa shape index (κ1) is 16.4. The van der Waals surface area contributed by atoms with Gasteiger partial charge in [-0.2, -0.15) is 0 Å². The van der Waals surface area contributed by atoms with Crippen molar-refractivity contribution in [2.45, 2.75) is 20.0 Å². The van der Waals surface area contributed by atoms with Crippen LogP contribution in [0.2, 0.25) is 5.02 Å². The molecular weight excluding hydrogens is 320 g/mol. The lowest BCUT2D eigenvalue weighted by Gasteiger charge is -2.10. The molecule has 0 bridgehead atoms. The topological polar surface area (TPSA) is 52.2 Å². The van der Waals surface area contributed by atoms with Crippen molar-refractivity contribution >= 4 is 28.5 Å². The number of aromatic amines is 1. The van der Waals surface area contributed by atoms with Gasteiger partial charge >= 0.3 is 0 Å². The van der Waals surface area contributed by atoms with Crippen LogP contribution in [0, 0.1) is 0 Å². The maximum absolute atomic E-state index is 6.02. The highest BCUT2D eigenvalue weighted by atomic mass is 35.5. The molecule has 5 heteroatoms. The first-order valence-electron chi connectivity index (χ1n) is 8.08. The number of nitrogens with zero attached hydrogens (tertiary/aromatic N) is 1. The zero-order valence-electron chi connectivity index (χ0n) is 13.6. The van der Waals surface area contributed by atoms with E-state index in [1.54, 1.807) is 0 Å². The number of rotatable bonds is 5. The lowest BCUT2D eigenvalue weighted by Crippen LogP contribution is -2.36. The molecule has 0 aliphatic carbocycles. The fourth-order valence-corrected chi connectivity index (χ4v) is 2.77. The Morgan fingerprint density at radius 2 is 1.96 bits per heavy atom. The van der Waals surface area contributed by atoms with Gasteiger partial charge in [0.05, 0.1) is 13.1 Å². The van der Waals surface area contributed by atoms with Crippen LogP contribution in [0.4, 0.5) is 0 Å². The minimum Gasteiger partial charge on any atom is -0.357 e. The molecule has 4 nitrogen and oxygen atoms in total. The van der Waals surface area contributed by atoms with Crippen LogP contribution in [-0.4, -0.2) is 17.5 Å². The van der Waals surface area contributed by atoms with Gasteiger partial charge in [0.2, 0.25) is 0 Å². The van der Waals surface area contributed by atoms with Crippen molar-refractivity contribution in [2.75, 3.05) is 6.54 Å². The number of aliphatic imine (C=N–C) groups is 1. The van der Waals surface area contributed by atoms with Crippen molar-refractivity contribution in [3.63, 3.8) is 0 Å². The van der Waals surface area contributed by atoms with E-state index in [1.807, 2.05) is 36.4 Å². The first-order chi connectivity index (χ1) is 11.7. The molecule has 0 aliphatic rings. The summed E-state index contributed by atoms with van der Waals surface area (Å²) < 4.78 is 0. The van der Waals surface area contributed by atoms with E-state index in [9.17, 15) is 0 Å². The molecule has 0 saturated carbocycles. The van der Waals surface area contributed by atoms with Gasteiger partial charge in [-0.1, -0.05) is 41.9 Å². The fraction of sp³-hybridized carbons (Fsp3) is 0.211. The molecule has 3 N–H and O–H groups in total. The van der Waals surface area contributed by atoms with Gasteiger partial charge in [0.25, 0.3) is 0 Å². The Bertz CT molecular complexity index is 805. The molecule has 2 aromatic carbocycles. The minimum atomic E-state index is 0.586. The second-order valence-electron chi connectivity index (χ2n) is 5.56. The number of fused-ring (bicyclic) bond motifs is 1. The number of aromatic nitrogens is 1. The quantitative estimate of drug-likeness (QED) is 0.484. The summed E-state index contributed by atoms with van der Waals surface area (Å²) in [7, 11) is 0. The normalized spacial score (nSPS) is 11.7. The van der Waals surface area contributed by atoms with Gasteiger partial charge in [-0.3, -0.25) is 0 Å². The van der Waals surface area contributed by atoms with Crippen LogP contribution in [-0.2, 0) is 13.1 Å². The van der Waals surface area contributed by atoms with Gasteiger partial charge in [-0.25, -0.2) is 4.99 Å². The van der Waals surface area contributed by atoms with Gasteiger partial charge in [-0.15, -0.1) is 0 Å². The second kappa shape index (κ2) is 7.88. The highest BCUT2D eigenvalue weighted by molar-refractivity contribution is 6.30. The third-order valence-corrected chi connectivity index (χ3v) is 3.92. The molecule has 0 saturated heterocycles. The Labute approximate surface area is 147 Å². The molecule has 0 spiro atoms. The molecule has 0 unspecified atom stereocenters. The number of benzene rings is 2. The Kier molecular flexibility index (Phi) is 5.39. The second-order valence-corrected chi connectivity index (χ2v) is 6.00. The van der Waals surface area contributed by atoms with E-state index in [-0.39, 0.29) is 0 Å². The van der Waals surface area contributed by atoms with Crippen molar-refractivity contribution in [1.29, 1.82) is 0 Å². The van der Waals surface area contributed by atoms with Crippen molar-refractivity contribution in [2.24, 2.45) is 4.99 Å². The van der Waals surface area contributed by atoms with Crippen LogP contribution in [0.3, 0.4) is 0 Å². The molecule has 0 aliphatic heterocycles. The summed E-state index contributed by atoms with van der Waals surface area (Å²) in [4.78, 5) is 8.03. The van der Waals surface area contributed by atoms with Gasteiger partial charge < -0.3 is 15.6 Å². The third-order valence-electron chi connectivity index (χ3n) is 3.69. The zero-order chi connectivity index (χ0) is 16.8. The van der Waals surface area contributed by atoms with Crippen LogP contribution in [0.25, 0.3) is 10.9 Å². The molecule has 0 radical (unpaired) electrons. The predicted octanol–water partition coefficient (Wildman–Crippen LogP) is 4.08. The third kappa shape index (κ3) is 4.30. The number of H-pyrrole nitrogens is 1. The van der Waals surface area contributed by atoms with E-state index in [2.05, 4.69) is 45.7 Å². The molecule has 124 valence electrons. The Morgan fingerprint density at radius 3 is 2.75 bits per heavy atom. The molecule has 24 heavy (non-hydrogen) atoms. The standard InChI is InChI=1S/C19H21ClN4/c1-2-21-19(22-12-14-6-5-8-16(20)10-14)23-13-17-11-15-7-3-4-9-18(15)24-17/h3-11,24H,2,12-13H2,1H3,(H2,21,22,23). The summed E-state index contributed by atoms with van der Waals surface area (Å²) in [5.74, 6) is 0.788. The lowest BCUT2D eigenvalue weighted by atomic mass is 10.2. The minimum absolute atomic E-state index is 0.586. The monoisotopic (exact) mass is 340 g/mol. The number of hydrogen-bond acceptors (Lipinski definition) is 1. The molecule has 3 aromatic rings. The average molecular weight is 341 g/mol.